The molecule has 5 nitrogen and oxygen atoms in total. The topological polar surface area (TPSA) is 61.8 Å². The van der Waals surface area contributed by atoms with Crippen molar-refractivity contribution < 1.29 is 14.6 Å². The zero-order chi connectivity index (χ0) is 17.7. The first-order chi connectivity index (χ1) is 11.5. The maximum Gasteiger partial charge on any atom is 0.317 e. The van der Waals surface area contributed by atoms with Gasteiger partial charge in [-0.05, 0) is 51.5 Å². The molecule has 1 fully saturated rings. The van der Waals surface area contributed by atoms with Gasteiger partial charge in [0, 0.05) is 25.3 Å². The number of benzene rings is 1. The van der Waals surface area contributed by atoms with Crippen LogP contribution in [0.3, 0.4) is 0 Å². The van der Waals surface area contributed by atoms with Crippen LogP contribution in [0.1, 0.15) is 49.8 Å². The maximum absolute atomic E-state index is 12.6. The van der Waals surface area contributed by atoms with Crippen LogP contribution >= 0.6 is 0 Å². The summed E-state index contributed by atoms with van der Waals surface area (Å²) in [7, 11) is 3.51. The van der Waals surface area contributed by atoms with Gasteiger partial charge in [-0.15, -0.1) is 0 Å². The fraction of sp³-hybridized carbons (Fsp3) is 0.632. The molecule has 1 aliphatic carbocycles. The average molecular weight is 334 g/mol. The molecule has 0 aliphatic heterocycles. The Bertz CT molecular complexity index is 554. The fourth-order valence-corrected chi connectivity index (χ4v) is 3.44. The molecule has 0 bridgehead atoms. The number of hydrogen-bond acceptors (Lipinski definition) is 3. The van der Waals surface area contributed by atoms with Crippen molar-refractivity contribution in [1.82, 2.24) is 10.2 Å². The molecule has 2 amide bonds. The molecule has 1 saturated carbocycles. The SMILES string of the molecule is COc1ccc(C)cc1C(C)NC(=O)N(C)C1CCC(CO)CC1. The molecule has 0 radical (unpaired) electrons. The summed E-state index contributed by atoms with van der Waals surface area (Å²) in [6, 6.07) is 6.06. The Morgan fingerprint density at radius 3 is 2.62 bits per heavy atom. The summed E-state index contributed by atoms with van der Waals surface area (Å²) >= 11 is 0. The van der Waals surface area contributed by atoms with E-state index in [2.05, 4.69) is 11.4 Å². The van der Waals surface area contributed by atoms with E-state index in [-0.39, 0.29) is 24.7 Å². The standard InChI is InChI=1S/C19H30N2O3/c1-13-5-10-18(24-4)17(11-13)14(2)20-19(23)21(3)16-8-6-15(12-22)7-9-16/h5,10-11,14-16,22H,6-9,12H2,1-4H3,(H,20,23). The van der Waals surface area contributed by atoms with Gasteiger partial charge in [0.1, 0.15) is 5.75 Å². The third-order valence-electron chi connectivity index (χ3n) is 5.13. The van der Waals surface area contributed by atoms with Gasteiger partial charge in [-0.25, -0.2) is 4.79 Å². The van der Waals surface area contributed by atoms with Crippen LogP contribution in [0.15, 0.2) is 18.2 Å². The third-order valence-corrected chi connectivity index (χ3v) is 5.13. The molecule has 134 valence electrons. The number of carbonyl (C=O) groups is 1. The lowest BCUT2D eigenvalue weighted by Gasteiger charge is -2.34. The van der Waals surface area contributed by atoms with Crippen LogP contribution in [0, 0.1) is 12.8 Å². The number of methoxy groups -OCH3 is 1. The molecular formula is C19H30N2O3. The van der Waals surface area contributed by atoms with Crippen molar-refractivity contribution in [2.75, 3.05) is 20.8 Å². The Hall–Kier alpha value is -1.75. The zero-order valence-corrected chi connectivity index (χ0v) is 15.2. The van der Waals surface area contributed by atoms with Crippen LogP contribution < -0.4 is 10.1 Å². The summed E-state index contributed by atoms with van der Waals surface area (Å²) in [4.78, 5) is 14.4. The van der Waals surface area contributed by atoms with Crippen LogP contribution in [0.4, 0.5) is 4.79 Å². The lowest BCUT2D eigenvalue weighted by Crippen LogP contribution is -2.45. The van der Waals surface area contributed by atoms with Crippen molar-refractivity contribution in [2.45, 2.75) is 51.6 Å². The molecule has 1 aliphatic rings. The van der Waals surface area contributed by atoms with E-state index in [4.69, 9.17) is 4.74 Å². The second-order valence-corrected chi connectivity index (χ2v) is 6.88. The molecule has 5 heteroatoms. The van der Waals surface area contributed by atoms with Crippen molar-refractivity contribution >= 4 is 6.03 Å². The number of rotatable bonds is 5. The monoisotopic (exact) mass is 334 g/mol. The van der Waals surface area contributed by atoms with E-state index >= 15 is 0 Å². The van der Waals surface area contributed by atoms with E-state index in [1.54, 1.807) is 7.11 Å². The summed E-state index contributed by atoms with van der Waals surface area (Å²) in [5, 5.41) is 12.3. The molecule has 1 aromatic rings. The van der Waals surface area contributed by atoms with Crippen LogP contribution in [0.2, 0.25) is 0 Å². The largest absolute Gasteiger partial charge is 0.496 e. The lowest BCUT2D eigenvalue weighted by atomic mass is 9.86. The van der Waals surface area contributed by atoms with Gasteiger partial charge in [-0.1, -0.05) is 17.7 Å². The highest BCUT2D eigenvalue weighted by molar-refractivity contribution is 5.75. The minimum Gasteiger partial charge on any atom is -0.496 e. The molecule has 0 spiro atoms. The van der Waals surface area contributed by atoms with E-state index in [9.17, 15) is 9.90 Å². The van der Waals surface area contributed by atoms with E-state index < -0.39 is 0 Å². The average Bonchev–Trinajstić information content (AvgIpc) is 2.61. The summed E-state index contributed by atoms with van der Waals surface area (Å²) in [6.07, 6.45) is 3.88. The van der Waals surface area contributed by atoms with Gasteiger partial charge in [0.2, 0.25) is 0 Å². The van der Waals surface area contributed by atoms with Gasteiger partial charge in [-0.3, -0.25) is 0 Å². The number of urea groups is 1. The van der Waals surface area contributed by atoms with Crippen molar-refractivity contribution in [2.24, 2.45) is 5.92 Å². The van der Waals surface area contributed by atoms with Crippen LogP contribution in [0.25, 0.3) is 0 Å². The predicted octanol–water partition coefficient (Wildman–Crippen LogP) is 3.26. The van der Waals surface area contributed by atoms with Gasteiger partial charge in [0.05, 0.1) is 13.2 Å². The van der Waals surface area contributed by atoms with Crippen molar-refractivity contribution in [3.63, 3.8) is 0 Å². The number of aliphatic hydroxyl groups is 1. The fourth-order valence-electron chi connectivity index (χ4n) is 3.44. The Morgan fingerprint density at radius 2 is 2.04 bits per heavy atom. The normalized spacial score (nSPS) is 21.9. The molecule has 1 unspecified atom stereocenters. The Labute approximate surface area is 145 Å². The van der Waals surface area contributed by atoms with Crippen LogP contribution in [-0.2, 0) is 0 Å². The van der Waals surface area contributed by atoms with E-state index in [1.807, 2.05) is 37.9 Å². The highest BCUT2D eigenvalue weighted by Gasteiger charge is 2.27. The van der Waals surface area contributed by atoms with Crippen LogP contribution in [0.5, 0.6) is 5.75 Å². The number of nitrogens with one attached hydrogen (secondary N) is 1. The molecule has 1 atom stereocenters. The second-order valence-electron chi connectivity index (χ2n) is 6.88. The number of carbonyl (C=O) groups excluding carboxylic acids is 1. The predicted molar refractivity (Wildman–Crippen MR) is 95.3 cm³/mol. The molecule has 2 rings (SSSR count). The number of hydrogen-bond donors (Lipinski definition) is 2. The first-order valence-corrected chi connectivity index (χ1v) is 8.75. The van der Waals surface area contributed by atoms with Crippen molar-refractivity contribution in [1.29, 1.82) is 0 Å². The molecule has 0 aromatic heterocycles. The summed E-state index contributed by atoms with van der Waals surface area (Å²) < 4.78 is 5.42. The van der Waals surface area contributed by atoms with E-state index in [1.165, 1.54) is 0 Å². The minimum absolute atomic E-state index is 0.0569. The quantitative estimate of drug-likeness (QED) is 0.869. The molecule has 0 heterocycles. The van der Waals surface area contributed by atoms with Gasteiger partial charge < -0.3 is 20.1 Å². The first-order valence-electron chi connectivity index (χ1n) is 8.75. The smallest absolute Gasteiger partial charge is 0.317 e. The Morgan fingerprint density at radius 1 is 1.38 bits per heavy atom. The highest BCUT2D eigenvalue weighted by Crippen LogP contribution is 2.28. The molecule has 2 N–H and O–H groups in total. The minimum atomic E-state index is -0.122. The summed E-state index contributed by atoms with van der Waals surface area (Å²) in [5.74, 6) is 1.19. The third kappa shape index (κ3) is 4.41. The van der Waals surface area contributed by atoms with Gasteiger partial charge in [-0.2, -0.15) is 0 Å². The van der Waals surface area contributed by atoms with Gasteiger partial charge in [0.15, 0.2) is 0 Å². The van der Waals surface area contributed by atoms with Gasteiger partial charge in [0.25, 0.3) is 0 Å². The number of amides is 2. The van der Waals surface area contributed by atoms with Crippen LogP contribution in [-0.4, -0.2) is 42.8 Å². The highest BCUT2D eigenvalue weighted by atomic mass is 16.5. The summed E-state index contributed by atoms with van der Waals surface area (Å²) in [5.41, 5.74) is 2.13. The van der Waals surface area contributed by atoms with Crippen molar-refractivity contribution in [3.05, 3.63) is 29.3 Å². The zero-order valence-electron chi connectivity index (χ0n) is 15.2. The first kappa shape index (κ1) is 18.6. The number of ether oxygens (including phenoxy) is 1. The van der Waals surface area contributed by atoms with Crippen molar-refractivity contribution in [3.8, 4) is 5.75 Å². The van der Waals surface area contributed by atoms with E-state index in [0.717, 1.165) is 42.6 Å². The summed E-state index contributed by atoms with van der Waals surface area (Å²) in [6.45, 7) is 4.27. The number of aryl methyl sites for hydroxylation is 1. The Kier molecular flexibility index (Phi) is 6.49. The molecule has 0 saturated heterocycles. The number of aliphatic hydroxyl groups excluding tert-OH is 1. The molecule has 1 aromatic carbocycles. The van der Waals surface area contributed by atoms with E-state index in [0.29, 0.717) is 5.92 Å². The van der Waals surface area contributed by atoms with Gasteiger partial charge >= 0.3 is 6.03 Å². The molecular weight excluding hydrogens is 304 g/mol. The number of nitrogens with zero attached hydrogens (tertiary/aromatic N) is 1. The lowest BCUT2D eigenvalue weighted by molar-refractivity contribution is 0.133. The second kappa shape index (κ2) is 8.38. The Balaban J connectivity index is 1.97. The maximum atomic E-state index is 12.6. The molecule has 24 heavy (non-hydrogen) atoms.